The van der Waals surface area contributed by atoms with Gasteiger partial charge in [0.2, 0.25) is 0 Å². The fourth-order valence-electron chi connectivity index (χ4n) is 6.97. The SMILES string of the molecule is CCCCCCCCCCCCCCCCCC(=O)OCC(CO[C@@H]1O[C@H](CS(=O)(=O)O)[C@@H](O)[C@H](O)[C@H]1O)OC(=O)CCCCCCCCCCCCCC. The molecule has 0 aromatic heterocycles. The number of ether oxygens (including phenoxy) is 4. The number of aliphatic hydroxyl groups excluding tert-OH is 3. The zero-order valence-corrected chi connectivity index (χ0v) is 35.4. The molecule has 0 aromatic carbocycles. The molecule has 1 heterocycles. The monoisotopic (exact) mass is 809 g/mol. The smallest absolute Gasteiger partial charge is 0.306 e. The van der Waals surface area contributed by atoms with E-state index >= 15 is 0 Å². The lowest BCUT2D eigenvalue weighted by Gasteiger charge is -2.40. The Morgan fingerprint density at radius 3 is 1.33 bits per heavy atom. The number of carbonyl (C=O) groups excluding carboxylic acids is 2. The number of esters is 2. The lowest BCUT2D eigenvalue weighted by molar-refractivity contribution is -0.297. The second-order valence-electron chi connectivity index (χ2n) is 15.7. The molecule has 4 N–H and O–H groups in total. The molecule has 6 atom stereocenters. The van der Waals surface area contributed by atoms with E-state index < -0.39 is 71.2 Å². The summed E-state index contributed by atoms with van der Waals surface area (Å²) in [6.07, 6.45) is 22.9. The molecule has 0 bridgehead atoms. The van der Waals surface area contributed by atoms with Gasteiger partial charge in [-0.1, -0.05) is 174 Å². The quantitative estimate of drug-likeness (QED) is 0.0267. The Morgan fingerprint density at radius 1 is 0.545 bits per heavy atom. The van der Waals surface area contributed by atoms with Gasteiger partial charge in [0.05, 0.1) is 6.61 Å². The minimum absolute atomic E-state index is 0.172. The van der Waals surface area contributed by atoms with E-state index in [1.54, 1.807) is 0 Å². The molecule has 1 aliphatic rings. The summed E-state index contributed by atoms with van der Waals surface area (Å²) < 4.78 is 54.0. The second-order valence-corrected chi connectivity index (χ2v) is 17.2. The average molecular weight is 809 g/mol. The van der Waals surface area contributed by atoms with Gasteiger partial charge in [-0.05, 0) is 12.8 Å². The first-order chi connectivity index (χ1) is 26.5. The van der Waals surface area contributed by atoms with Gasteiger partial charge in [-0.15, -0.1) is 0 Å². The van der Waals surface area contributed by atoms with Crippen molar-refractivity contribution in [2.45, 2.75) is 237 Å². The van der Waals surface area contributed by atoms with Crippen LogP contribution in [0.2, 0.25) is 0 Å². The van der Waals surface area contributed by atoms with Crippen molar-refractivity contribution >= 4 is 22.1 Å². The molecule has 0 aromatic rings. The van der Waals surface area contributed by atoms with Gasteiger partial charge in [0.1, 0.15) is 36.8 Å². The second kappa shape index (κ2) is 33.6. The lowest BCUT2D eigenvalue weighted by Crippen LogP contribution is -2.60. The van der Waals surface area contributed by atoms with Crippen LogP contribution in [0.1, 0.15) is 200 Å². The fraction of sp³-hybridized carbons (Fsp3) is 0.952. The summed E-state index contributed by atoms with van der Waals surface area (Å²) in [5, 5.41) is 30.8. The number of hydrogen-bond donors (Lipinski definition) is 4. The summed E-state index contributed by atoms with van der Waals surface area (Å²) in [5.74, 6) is -1.96. The van der Waals surface area contributed by atoms with Crippen LogP contribution in [0.3, 0.4) is 0 Å². The van der Waals surface area contributed by atoms with Crippen molar-refractivity contribution in [1.29, 1.82) is 0 Å². The van der Waals surface area contributed by atoms with Gasteiger partial charge in [0.25, 0.3) is 10.1 Å². The molecular weight excluding hydrogens is 729 g/mol. The molecule has 1 rings (SSSR count). The summed E-state index contributed by atoms with van der Waals surface area (Å²) in [4.78, 5) is 25.3. The predicted molar refractivity (Wildman–Crippen MR) is 215 cm³/mol. The first-order valence-corrected chi connectivity index (χ1v) is 23.7. The molecule has 1 aliphatic heterocycles. The molecule has 13 heteroatoms. The van der Waals surface area contributed by atoms with E-state index in [1.165, 1.54) is 122 Å². The molecule has 12 nitrogen and oxygen atoms in total. The molecule has 0 spiro atoms. The minimum atomic E-state index is -4.59. The van der Waals surface area contributed by atoms with E-state index in [-0.39, 0.29) is 19.4 Å². The van der Waals surface area contributed by atoms with Gasteiger partial charge in [0.15, 0.2) is 12.4 Å². The fourth-order valence-corrected chi connectivity index (χ4v) is 7.66. The van der Waals surface area contributed by atoms with Crippen molar-refractivity contribution in [2.24, 2.45) is 0 Å². The van der Waals surface area contributed by atoms with Gasteiger partial charge in [-0.25, -0.2) is 0 Å². The highest BCUT2D eigenvalue weighted by Gasteiger charge is 2.46. The largest absolute Gasteiger partial charge is 0.462 e. The summed E-state index contributed by atoms with van der Waals surface area (Å²) in [6.45, 7) is 3.76. The predicted octanol–water partition coefficient (Wildman–Crippen LogP) is 8.51. The van der Waals surface area contributed by atoms with Gasteiger partial charge in [0, 0.05) is 12.8 Å². The first-order valence-electron chi connectivity index (χ1n) is 22.1. The Morgan fingerprint density at radius 2 is 0.927 bits per heavy atom. The van der Waals surface area contributed by atoms with Crippen LogP contribution in [0.5, 0.6) is 0 Å². The number of aliphatic hydroxyl groups is 3. The van der Waals surface area contributed by atoms with Gasteiger partial charge >= 0.3 is 11.9 Å². The Kier molecular flexibility index (Phi) is 31.6. The molecular formula is C42H80O12S. The highest BCUT2D eigenvalue weighted by molar-refractivity contribution is 7.85. The number of rotatable bonds is 37. The maximum atomic E-state index is 12.8. The van der Waals surface area contributed by atoms with E-state index in [4.69, 9.17) is 18.9 Å². The number of carbonyl (C=O) groups is 2. The molecule has 0 radical (unpaired) electrons. The van der Waals surface area contributed by atoms with Crippen LogP contribution in [0.25, 0.3) is 0 Å². The zero-order valence-electron chi connectivity index (χ0n) is 34.6. The molecule has 0 amide bonds. The number of unbranched alkanes of at least 4 members (excludes halogenated alkanes) is 25. The van der Waals surface area contributed by atoms with Crippen LogP contribution >= 0.6 is 0 Å². The lowest BCUT2D eigenvalue weighted by atomic mass is 10.00. The van der Waals surface area contributed by atoms with E-state index in [0.29, 0.717) is 12.8 Å². The van der Waals surface area contributed by atoms with E-state index in [1.807, 2.05) is 0 Å². The number of hydrogen-bond acceptors (Lipinski definition) is 11. The molecule has 1 unspecified atom stereocenters. The van der Waals surface area contributed by atoms with Crippen LogP contribution < -0.4 is 0 Å². The molecule has 55 heavy (non-hydrogen) atoms. The average Bonchev–Trinajstić information content (AvgIpc) is 3.14. The van der Waals surface area contributed by atoms with Gasteiger partial charge in [-0.3, -0.25) is 14.1 Å². The summed E-state index contributed by atoms with van der Waals surface area (Å²) in [5.41, 5.74) is 0. The molecule has 326 valence electrons. The third-order valence-electron chi connectivity index (χ3n) is 10.4. The Labute approximate surface area is 333 Å². The summed E-state index contributed by atoms with van der Waals surface area (Å²) in [6, 6.07) is 0. The van der Waals surface area contributed by atoms with Crippen LogP contribution in [0.15, 0.2) is 0 Å². The van der Waals surface area contributed by atoms with Crippen LogP contribution in [0, 0.1) is 0 Å². The van der Waals surface area contributed by atoms with Crippen LogP contribution in [0.4, 0.5) is 0 Å². The zero-order chi connectivity index (χ0) is 40.6. The molecule has 0 saturated carbocycles. The van der Waals surface area contributed by atoms with Crippen molar-refractivity contribution in [1.82, 2.24) is 0 Å². The van der Waals surface area contributed by atoms with Crippen molar-refractivity contribution in [3.8, 4) is 0 Å². The Bertz CT molecular complexity index is 1040. The molecule has 1 fully saturated rings. The highest BCUT2D eigenvalue weighted by Crippen LogP contribution is 2.24. The maximum absolute atomic E-state index is 12.8. The third kappa shape index (κ3) is 28.7. The topological polar surface area (TPSA) is 186 Å². The van der Waals surface area contributed by atoms with E-state index in [0.717, 1.165) is 38.5 Å². The molecule has 0 aliphatic carbocycles. The highest BCUT2D eigenvalue weighted by atomic mass is 32.2. The van der Waals surface area contributed by atoms with Crippen molar-refractivity contribution < 1.29 is 56.8 Å². The van der Waals surface area contributed by atoms with E-state index in [9.17, 15) is 37.9 Å². The summed E-state index contributed by atoms with van der Waals surface area (Å²) in [7, 11) is -4.59. The normalized spacial score (nSPS) is 20.7. The Hall–Kier alpha value is -1.35. The standard InChI is InChI=1S/C42H80O12S/c1-3-5-7-9-11-13-15-17-18-19-21-22-24-26-28-30-37(43)51-32-35(33-52-42-41(47)40(46)39(45)36(54-42)34-55(48,49)50)53-38(44)31-29-27-25-23-20-16-14-12-10-8-6-4-2/h35-36,39-42,45-47H,3-34H2,1-2H3,(H,48,49,50)/t35?,36-,39-,40+,41-,42-/m1/s1. The third-order valence-corrected chi connectivity index (χ3v) is 11.2. The van der Waals surface area contributed by atoms with Crippen LogP contribution in [-0.4, -0.2) is 96.0 Å². The summed E-state index contributed by atoms with van der Waals surface area (Å²) >= 11 is 0. The first kappa shape index (κ1) is 51.7. The van der Waals surface area contributed by atoms with Crippen LogP contribution in [-0.2, 0) is 38.7 Å². The minimum Gasteiger partial charge on any atom is -0.462 e. The van der Waals surface area contributed by atoms with Crippen molar-refractivity contribution in [3.63, 3.8) is 0 Å². The van der Waals surface area contributed by atoms with Crippen molar-refractivity contribution in [2.75, 3.05) is 19.0 Å². The maximum Gasteiger partial charge on any atom is 0.306 e. The van der Waals surface area contributed by atoms with Crippen molar-refractivity contribution in [3.05, 3.63) is 0 Å². The van der Waals surface area contributed by atoms with E-state index in [2.05, 4.69) is 13.8 Å². The van der Waals surface area contributed by atoms with Gasteiger partial charge in [-0.2, -0.15) is 8.42 Å². The van der Waals surface area contributed by atoms with Gasteiger partial charge < -0.3 is 34.3 Å². The molecule has 1 saturated heterocycles. The Balaban J connectivity index is 2.44.